The van der Waals surface area contributed by atoms with Crippen molar-refractivity contribution in [3.8, 4) is 0 Å². The molecule has 0 radical (unpaired) electrons. The number of sulfone groups is 1. The standard InChI is InChI=1S/C17H18FN5O3S/c1-10-8-21-14(9-20-10)16(24)22-11-3-4-13(18)12(7-11)17(2)23-15(19)5-6-27(17,25)26/h3-4,7-9H,5-6H2,1-2H3,(H2,19,23)(H,22,24). The van der Waals surface area contributed by atoms with Gasteiger partial charge in [-0.2, -0.15) is 0 Å². The average Bonchev–Trinajstić information content (AvgIpc) is 2.61. The Kier molecular flexibility index (Phi) is 4.68. The van der Waals surface area contributed by atoms with Gasteiger partial charge < -0.3 is 11.1 Å². The van der Waals surface area contributed by atoms with Gasteiger partial charge in [0.15, 0.2) is 14.7 Å². The van der Waals surface area contributed by atoms with E-state index in [-0.39, 0.29) is 35.0 Å². The highest BCUT2D eigenvalue weighted by Gasteiger charge is 2.45. The fourth-order valence-corrected chi connectivity index (χ4v) is 4.35. The van der Waals surface area contributed by atoms with Gasteiger partial charge in [0.25, 0.3) is 5.91 Å². The first-order valence-electron chi connectivity index (χ1n) is 8.09. The molecular formula is C17H18FN5O3S. The SMILES string of the molecule is Cc1cnc(C(=O)Nc2ccc(F)c(C3(C)N=C(N)CCS3(=O)=O)c2)cn1. The Morgan fingerprint density at radius 2 is 2.04 bits per heavy atom. The molecule has 1 aromatic heterocycles. The van der Waals surface area contributed by atoms with E-state index in [0.717, 1.165) is 6.07 Å². The minimum absolute atomic E-state index is 0.0743. The molecule has 1 aliphatic rings. The van der Waals surface area contributed by atoms with Crippen molar-refractivity contribution in [2.75, 3.05) is 11.1 Å². The molecule has 2 aromatic rings. The monoisotopic (exact) mass is 391 g/mol. The number of halogens is 1. The smallest absolute Gasteiger partial charge is 0.275 e. The van der Waals surface area contributed by atoms with E-state index in [2.05, 4.69) is 20.3 Å². The zero-order chi connectivity index (χ0) is 19.8. The predicted octanol–water partition coefficient (Wildman–Crippen LogP) is 1.52. The Balaban J connectivity index is 1.98. The fourth-order valence-electron chi connectivity index (χ4n) is 2.73. The number of amidine groups is 1. The Morgan fingerprint density at radius 3 is 2.70 bits per heavy atom. The molecule has 10 heteroatoms. The van der Waals surface area contributed by atoms with Crippen LogP contribution >= 0.6 is 0 Å². The maximum absolute atomic E-state index is 14.5. The van der Waals surface area contributed by atoms with Crippen LogP contribution in [0.2, 0.25) is 0 Å². The Bertz CT molecular complexity index is 1040. The van der Waals surface area contributed by atoms with Gasteiger partial charge in [0.05, 0.1) is 23.5 Å². The number of aryl methyl sites for hydroxylation is 1. The first kappa shape index (κ1) is 18.9. The number of benzene rings is 1. The number of amides is 1. The molecule has 1 unspecified atom stereocenters. The van der Waals surface area contributed by atoms with Gasteiger partial charge in [0.1, 0.15) is 11.5 Å². The first-order valence-corrected chi connectivity index (χ1v) is 9.74. The lowest BCUT2D eigenvalue weighted by atomic mass is 10.1. The van der Waals surface area contributed by atoms with Gasteiger partial charge in [-0.05, 0) is 32.0 Å². The van der Waals surface area contributed by atoms with Crippen molar-refractivity contribution in [1.82, 2.24) is 9.97 Å². The van der Waals surface area contributed by atoms with Crippen LogP contribution in [0.4, 0.5) is 10.1 Å². The third-order valence-electron chi connectivity index (χ3n) is 4.33. The molecule has 0 saturated heterocycles. The van der Waals surface area contributed by atoms with Crippen molar-refractivity contribution in [3.63, 3.8) is 0 Å². The van der Waals surface area contributed by atoms with Crippen LogP contribution in [0.3, 0.4) is 0 Å². The van der Waals surface area contributed by atoms with Gasteiger partial charge in [0, 0.05) is 23.9 Å². The normalized spacial score (nSPS) is 21.4. The van der Waals surface area contributed by atoms with Gasteiger partial charge in [0.2, 0.25) is 0 Å². The molecule has 3 N–H and O–H groups in total. The second kappa shape index (κ2) is 6.69. The minimum Gasteiger partial charge on any atom is -0.387 e. The second-order valence-electron chi connectivity index (χ2n) is 6.35. The van der Waals surface area contributed by atoms with Gasteiger partial charge in [-0.15, -0.1) is 0 Å². The van der Waals surface area contributed by atoms with Crippen LogP contribution in [0, 0.1) is 12.7 Å². The van der Waals surface area contributed by atoms with E-state index in [9.17, 15) is 17.6 Å². The maximum Gasteiger partial charge on any atom is 0.275 e. The van der Waals surface area contributed by atoms with E-state index in [1.165, 1.54) is 31.5 Å². The zero-order valence-electron chi connectivity index (χ0n) is 14.7. The molecule has 1 aliphatic heterocycles. The average molecular weight is 391 g/mol. The number of carbonyl (C=O) groups is 1. The zero-order valence-corrected chi connectivity index (χ0v) is 15.5. The van der Waals surface area contributed by atoms with E-state index in [0.29, 0.717) is 5.69 Å². The quantitative estimate of drug-likeness (QED) is 0.817. The molecule has 0 fully saturated rings. The summed E-state index contributed by atoms with van der Waals surface area (Å²) < 4.78 is 39.6. The van der Waals surface area contributed by atoms with Crippen LogP contribution in [-0.2, 0) is 14.7 Å². The van der Waals surface area contributed by atoms with Crippen LogP contribution < -0.4 is 11.1 Å². The third kappa shape index (κ3) is 3.52. The highest BCUT2D eigenvalue weighted by atomic mass is 32.2. The van der Waals surface area contributed by atoms with E-state index in [1.807, 2.05) is 0 Å². The molecule has 0 aliphatic carbocycles. The summed E-state index contributed by atoms with van der Waals surface area (Å²) in [6, 6.07) is 3.64. The van der Waals surface area contributed by atoms with E-state index >= 15 is 0 Å². The highest BCUT2D eigenvalue weighted by Crippen LogP contribution is 2.38. The molecule has 1 atom stereocenters. The minimum atomic E-state index is -3.78. The van der Waals surface area contributed by atoms with Gasteiger partial charge in [-0.3, -0.25) is 9.78 Å². The highest BCUT2D eigenvalue weighted by molar-refractivity contribution is 7.92. The fraction of sp³-hybridized carbons (Fsp3) is 0.294. The number of aromatic nitrogens is 2. The van der Waals surface area contributed by atoms with Crippen LogP contribution in [0.5, 0.6) is 0 Å². The summed E-state index contributed by atoms with van der Waals surface area (Å²) in [5.74, 6) is -1.41. The maximum atomic E-state index is 14.5. The number of carbonyl (C=O) groups excluding carboxylic acids is 1. The summed E-state index contributed by atoms with van der Waals surface area (Å²) >= 11 is 0. The van der Waals surface area contributed by atoms with E-state index < -0.39 is 26.4 Å². The van der Waals surface area contributed by atoms with Crippen molar-refractivity contribution >= 4 is 27.3 Å². The second-order valence-corrected chi connectivity index (χ2v) is 8.78. The molecule has 0 saturated carbocycles. The van der Waals surface area contributed by atoms with Crippen LogP contribution in [0.1, 0.15) is 35.1 Å². The number of nitrogens with zero attached hydrogens (tertiary/aromatic N) is 3. The van der Waals surface area contributed by atoms with Gasteiger partial charge >= 0.3 is 0 Å². The summed E-state index contributed by atoms with van der Waals surface area (Å²) in [5, 5.41) is 2.56. The molecule has 142 valence electrons. The molecule has 8 nitrogen and oxygen atoms in total. The number of hydrogen-bond acceptors (Lipinski definition) is 7. The predicted molar refractivity (Wildman–Crippen MR) is 98.5 cm³/mol. The number of aliphatic imine (C=N–C) groups is 1. The molecule has 27 heavy (non-hydrogen) atoms. The number of nitrogens with one attached hydrogen (secondary N) is 1. The molecule has 3 rings (SSSR count). The van der Waals surface area contributed by atoms with E-state index in [4.69, 9.17) is 5.73 Å². The summed E-state index contributed by atoms with van der Waals surface area (Å²) in [6.45, 7) is 3.03. The first-order chi connectivity index (χ1) is 12.6. The number of hydrogen-bond donors (Lipinski definition) is 2. The lowest BCUT2D eigenvalue weighted by molar-refractivity contribution is 0.102. The van der Waals surface area contributed by atoms with Crippen molar-refractivity contribution in [3.05, 3.63) is 53.4 Å². The lowest BCUT2D eigenvalue weighted by Crippen LogP contribution is -2.41. The van der Waals surface area contributed by atoms with E-state index in [1.54, 1.807) is 6.92 Å². The van der Waals surface area contributed by atoms with Crippen LogP contribution in [0.15, 0.2) is 35.6 Å². The van der Waals surface area contributed by atoms with Crippen molar-refractivity contribution in [2.24, 2.45) is 10.7 Å². The third-order valence-corrected chi connectivity index (χ3v) is 6.59. The van der Waals surface area contributed by atoms with Crippen LogP contribution in [-0.4, -0.2) is 35.9 Å². The van der Waals surface area contributed by atoms with Crippen molar-refractivity contribution in [1.29, 1.82) is 0 Å². The Hall–Kier alpha value is -2.88. The van der Waals surface area contributed by atoms with Gasteiger partial charge in [-0.1, -0.05) is 0 Å². The summed E-state index contributed by atoms with van der Waals surface area (Å²) in [4.78, 5) is 22.4. The van der Waals surface area contributed by atoms with Gasteiger partial charge in [-0.25, -0.2) is 22.8 Å². The largest absolute Gasteiger partial charge is 0.387 e. The number of nitrogens with two attached hydrogens (primary N) is 1. The van der Waals surface area contributed by atoms with Crippen molar-refractivity contribution < 1.29 is 17.6 Å². The Labute approximate surface area is 155 Å². The number of anilines is 1. The number of rotatable bonds is 3. The molecule has 0 bridgehead atoms. The van der Waals surface area contributed by atoms with Crippen molar-refractivity contribution in [2.45, 2.75) is 25.1 Å². The summed E-state index contributed by atoms with van der Waals surface area (Å²) in [6.07, 6.45) is 2.85. The Morgan fingerprint density at radius 1 is 1.30 bits per heavy atom. The molecule has 1 amide bonds. The van der Waals surface area contributed by atoms with Crippen LogP contribution in [0.25, 0.3) is 0 Å². The summed E-state index contributed by atoms with van der Waals surface area (Å²) in [5.41, 5.74) is 6.45. The topological polar surface area (TPSA) is 127 Å². The summed E-state index contributed by atoms with van der Waals surface area (Å²) in [7, 11) is -3.78. The molecule has 2 heterocycles. The lowest BCUT2D eigenvalue weighted by Gasteiger charge is -2.30. The molecular weight excluding hydrogens is 373 g/mol. The molecule has 1 aromatic carbocycles. The molecule has 0 spiro atoms.